The summed E-state index contributed by atoms with van der Waals surface area (Å²) in [5, 5.41) is 14.2. The molecule has 0 spiro atoms. The fourth-order valence-electron chi connectivity index (χ4n) is 1.94. The summed E-state index contributed by atoms with van der Waals surface area (Å²) in [7, 11) is 0. The summed E-state index contributed by atoms with van der Waals surface area (Å²) in [6.07, 6.45) is 0.888. The van der Waals surface area contributed by atoms with Gasteiger partial charge in [-0.1, -0.05) is 17.7 Å². The van der Waals surface area contributed by atoms with Gasteiger partial charge >= 0.3 is 5.69 Å². The molecule has 1 N–H and O–H groups in total. The second kappa shape index (κ2) is 4.89. The molecule has 1 saturated heterocycles. The summed E-state index contributed by atoms with van der Waals surface area (Å²) in [6, 6.07) is 4.96. The average Bonchev–Trinajstić information content (AvgIpc) is 2.64. The molecule has 1 aliphatic rings. The molecule has 1 aromatic carbocycles. The zero-order valence-corrected chi connectivity index (χ0v) is 10.1. The number of nitro benzene ring substituents is 1. The van der Waals surface area contributed by atoms with Crippen LogP contribution in [0, 0.1) is 10.1 Å². The highest BCUT2D eigenvalue weighted by atomic mass is 35.5. The van der Waals surface area contributed by atoms with E-state index in [1.807, 2.05) is 6.92 Å². The Morgan fingerprint density at radius 2 is 2.35 bits per heavy atom. The summed E-state index contributed by atoms with van der Waals surface area (Å²) >= 11 is 5.83. The maximum absolute atomic E-state index is 10.9. The van der Waals surface area contributed by atoms with Crippen molar-refractivity contribution in [1.82, 2.24) is 0 Å². The van der Waals surface area contributed by atoms with Gasteiger partial charge in [-0.3, -0.25) is 10.1 Å². The zero-order valence-electron chi connectivity index (χ0n) is 9.35. The zero-order chi connectivity index (χ0) is 12.4. The van der Waals surface area contributed by atoms with Crippen molar-refractivity contribution in [3.8, 4) is 0 Å². The molecule has 92 valence electrons. The van der Waals surface area contributed by atoms with E-state index in [9.17, 15) is 10.1 Å². The Morgan fingerprint density at radius 3 is 2.94 bits per heavy atom. The quantitative estimate of drug-likeness (QED) is 0.667. The van der Waals surface area contributed by atoms with Crippen LogP contribution in [0.25, 0.3) is 0 Å². The van der Waals surface area contributed by atoms with Gasteiger partial charge in [0.1, 0.15) is 10.7 Å². The molecule has 0 radical (unpaired) electrons. The molecule has 0 saturated carbocycles. The lowest BCUT2D eigenvalue weighted by Gasteiger charge is -2.17. The van der Waals surface area contributed by atoms with Crippen LogP contribution in [-0.4, -0.2) is 23.7 Å². The minimum Gasteiger partial charge on any atom is -0.376 e. The van der Waals surface area contributed by atoms with Crippen LogP contribution < -0.4 is 5.32 Å². The molecule has 17 heavy (non-hydrogen) atoms. The molecule has 1 heterocycles. The lowest BCUT2D eigenvalue weighted by Crippen LogP contribution is -2.27. The maximum atomic E-state index is 10.9. The predicted molar refractivity (Wildman–Crippen MR) is 65.5 cm³/mol. The molecule has 2 rings (SSSR count). The monoisotopic (exact) mass is 256 g/mol. The van der Waals surface area contributed by atoms with Crippen LogP contribution in [0.3, 0.4) is 0 Å². The minimum absolute atomic E-state index is 0.0496. The Balaban J connectivity index is 2.26. The summed E-state index contributed by atoms with van der Waals surface area (Å²) in [5.74, 6) is 0. The molecule has 0 amide bonds. The van der Waals surface area contributed by atoms with Gasteiger partial charge in [0.15, 0.2) is 0 Å². The highest BCUT2D eigenvalue weighted by Gasteiger charge is 2.27. The first-order valence-electron chi connectivity index (χ1n) is 5.40. The number of hydrogen-bond donors (Lipinski definition) is 1. The molecule has 1 aliphatic heterocycles. The predicted octanol–water partition coefficient (Wildman–Crippen LogP) is 2.84. The second-order valence-electron chi connectivity index (χ2n) is 4.01. The molecule has 0 bridgehead atoms. The fraction of sp³-hybridized carbons (Fsp3) is 0.455. The largest absolute Gasteiger partial charge is 0.376 e. The van der Waals surface area contributed by atoms with E-state index in [1.54, 1.807) is 12.1 Å². The molecule has 2 atom stereocenters. The van der Waals surface area contributed by atoms with Gasteiger partial charge in [-0.25, -0.2) is 0 Å². The first kappa shape index (κ1) is 12.1. The van der Waals surface area contributed by atoms with E-state index < -0.39 is 4.92 Å². The van der Waals surface area contributed by atoms with Gasteiger partial charge in [-0.2, -0.15) is 0 Å². The first-order chi connectivity index (χ1) is 8.09. The number of nitrogens with zero attached hydrogens (tertiary/aromatic N) is 1. The summed E-state index contributed by atoms with van der Waals surface area (Å²) < 4.78 is 5.40. The van der Waals surface area contributed by atoms with Gasteiger partial charge in [-0.05, 0) is 25.5 Å². The van der Waals surface area contributed by atoms with Crippen LogP contribution in [0.15, 0.2) is 18.2 Å². The Hall–Kier alpha value is -1.33. The number of ether oxygens (including phenoxy) is 1. The number of para-hydroxylation sites is 1. The lowest BCUT2D eigenvalue weighted by molar-refractivity contribution is -0.383. The molecular formula is C11H13ClN2O3. The molecule has 6 heteroatoms. The number of nitro groups is 1. The van der Waals surface area contributed by atoms with Crippen molar-refractivity contribution in [2.75, 3.05) is 11.9 Å². The van der Waals surface area contributed by atoms with Crippen LogP contribution in [0.5, 0.6) is 0 Å². The van der Waals surface area contributed by atoms with Crippen molar-refractivity contribution in [1.29, 1.82) is 0 Å². The standard InChI is InChI=1S/C11H13ClN2O3/c1-7-9(5-6-17-7)13-10-4-2-3-8(12)11(10)14(15)16/h2-4,7,9,13H,5-6H2,1H3. The Labute approximate surface area is 104 Å². The van der Waals surface area contributed by atoms with E-state index in [-0.39, 0.29) is 22.9 Å². The van der Waals surface area contributed by atoms with Gasteiger partial charge < -0.3 is 10.1 Å². The topological polar surface area (TPSA) is 64.4 Å². The third-order valence-electron chi connectivity index (χ3n) is 2.89. The van der Waals surface area contributed by atoms with Crippen molar-refractivity contribution >= 4 is 23.0 Å². The second-order valence-corrected chi connectivity index (χ2v) is 4.42. The highest BCUT2D eigenvalue weighted by Crippen LogP contribution is 2.33. The molecular weight excluding hydrogens is 244 g/mol. The van der Waals surface area contributed by atoms with Gasteiger partial charge in [-0.15, -0.1) is 0 Å². The number of hydrogen-bond acceptors (Lipinski definition) is 4. The van der Waals surface area contributed by atoms with Crippen molar-refractivity contribution < 1.29 is 9.66 Å². The molecule has 2 unspecified atom stereocenters. The van der Waals surface area contributed by atoms with Crippen LogP contribution in [0.4, 0.5) is 11.4 Å². The molecule has 1 fully saturated rings. The number of halogens is 1. The maximum Gasteiger partial charge on any atom is 0.310 e. The molecule has 0 aromatic heterocycles. The third-order valence-corrected chi connectivity index (χ3v) is 3.19. The van der Waals surface area contributed by atoms with E-state index in [0.717, 1.165) is 6.42 Å². The smallest absolute Gasteiger partial charge is 0.310 e. The van der Waals surface area contributed by atoms with Crippen molar-refractivity contribution in [2.45, 2.75) is 25.5 Å². The number of benzene rings is 1. The first-order valence-corrected chi connectivity index (χ1v) is 5.78. The van der Waals surface area contributed by atoms with Crippen LogP contribution >= 0.6 is 11.6 Å². The fourth-order valence-corrected chi connectivity index (χ4v) is 2.18. The van der Waals surface area contributed by atoms with Crippen LogP contribution in [-0.2, 0) is 4.74 Å². The molecule has 0 aliphatic carbocycles. The van der Waals surface area contributed by atoms with Crippen LogP contribution in [0.2, 0.25) is 5.02 Å². The minimum atomic E-state index is -0.467. The number of nitrogens with one attached hydrogen (secondary N) is 1. The van der Waals surface area contributed by atoms with E-state index in [4.69, 9.17) is 16.3 Å². The Morgan fingerprint density at radius 1 is 1.59 bits per heavy atom. The normalized spacial score (nSPS) is 23.6. The summed E-state index contributed by atoms with van der Waals surface area (Å²) in [5.41, 5.74) is 0.373. The van der Waals surface area contributed by atoms with E-state index in [0.29, 0.717) is 12.3 Å². The highest BCUT2D eigenvalue weighted by molar-refractivity contribution is 6.33. The van der Waals surface area contributed by atoms with Gasteiger partial charge in [0, 0.05) is 6.61 Å². The average molecular weight is 257 g/mol. The summed E-state index contributed by atoms with van der Waals surface area (Å²) in [6.45, 7) is 2.62. The van der Waals surface area contributed by atoms with Crippen molar-refractivity contribution in [3.05, 3.63) is 33.3 Å². The van der Waals surface area contributed by atoms with E-state index in [1.165, 1.54) is 6.07 Å². The van der Waals surface area contributed by atoms with Gasteiger partial charge in [0.2, 0.25) is 0 Å². The number of rotatable bonds is 3. The Kier molecular flexibility index (Phi) is 3.49. The van der Waals surface area contributed by atoms with E-state index in [2.05, 4.69) is 5.32 Å². The number of anilines is 1. The summed E-state index contributed by atoms with van der Waals surface area (Å²) in [4.78, 5) is 10.5. The Bertz CT molecular complexity index is 439. The molecule has 1 aromatic rings. The molecule has 5 nitrogen and oxygen atoms in total. The van der Waals surface area contributed by atoms with Crippen molar-refractivity contribution in [2.24, 2.45) is 0 Å². The van der Waals surface area contributed by atoms with Crippen molar-refractivity contribution in [3.63, 3.8) is 0 Å². The van der Waals surface area contributed by atoms with E-state index >= 15 is 0 Å². The van der Waals surface area contributed by atoms with Crippen LogP contribution in [0.1, 0.15) is 13.3 Å². The third kappa shape index (κ3) is 2.50. The van der Waals surface area contributed by atoms with Gasteiger partial charge in [0.05, 0.1) is 17.1 Å². The van der Waals surface area contributed by atoms with Gasteiger partial charge in [0.25, 0.3) is 0 Å². The lowest BCUT2D eigenvalue weighted by atomic mass is 10.1. The SMILES string of the molecule is CC1OCCC1Nc1cccc(Cl)c1[N+](=O)[O-].